The van der Waals surface area contributed by atoms with Crippen molar-refractivity contribution >= 4 is 0 Å². The largest absolute Gasteiger partial charge is 0.508 e. The van der Waals surface area contributed by atoms with E-state index in [0.717, 1.165) is 12.1 Å². The predicted molar refractivity (Wildman–Crippen MR) is 47.2 cm³/mol. The minimum absolute atomic E-state index is 0.0642. The first kappa shape index (κ1) is 10.9. The van der Waals surface area contributed by atoms with Crippen molar-refractivity contribution in [1.29, 1.82) is 0 Å². The van der Waals surface area contributed by atoms with Crippen LogP contribution in [-0.2, 0) is 12.6 Å². The predicted octanol–water partition coefficient (Wildman–Crippen LogP) is 3.28. The second-order valence-electron chi connectivity index (χ2n) is 3.15. The topological polar surface area (TPSA) is 20.2 Å². The molecule has 1 nitrogen and oxygen atoms in total. The summed E-state index contributed by atoms with van der Waals surface area (Å²) in [6.45, 7) is 2.98. The smallest absolute Gasteiger partial charge is 0.416 e. The van der Waals surface area contributed by atoms with Gasteiger partial charge in [-0.25, -0.2) is 0 Å². The zero-order valence-electron chi connectivity index (χ0n) is 7.94. The van der Waals surface area contributed by atoms with Crippen molar-refractivity contribution in [3.63, 3.8) is 0 Å². The van der Waals surface area contributed by atoms with Crippen molar-refractivity contribution in [1.82, 2.24) is 0 Å². The molecule has 0 aliphatic heterocycles. The number of rotatable bonds is 1. The van der Waals surface area contributed by atoms with Crippen LogP contribution < -0.4 is 0 Å². The second kappa shape index (κ2) is 3.52. The standard InChI is InChI=1S/C10H11F3O/c1-3-7-5-8(14)4-6(2)9(7)10(11,12)13/h4-5,14H,3H2,1-2H3. The number of phenols is 1. The van der Waals surface area contributed by atoms with Crippen molar-refractivity contribution in [2.75, 3.05) is 0 Å². The first-order chi connectivity index (χ1) is 6.36. The fraction of sp³-hybridized carbons (Fsp3) is 0.400. The summed E-state index contributed by atoms with van der Waals surface area (Å²) in [6, 6.07) is 2.29. The molecule has 1 N–H and O–H groups in total. The number of aromatic hydroxyl groups is 1. The third kappa shape index (κ3) is 2.00. The Balaban J connectivity index is 3.40. The minimum Gasteiger partial charge on any atom is -0.508 e. The van der Waals surface area contributed by atoms with Gasteiger partial charge in [0, 0.05) is 0 Å². The monoisotopic (exact) mass is 204 g/mol. The second-order valence-corrected chi connectivity index (χ2v) is 3.15. The highest BCUT2D eigenvalue weighted by atomic mass is 19.4. The average molecular weight is 204 g/mol. The van der Waals surface area contributed by atoms with Gasteiger partial charge in [-0.3, -0.25) is 0 Å². The number of alkyl halides is 3. The van der Waals surface area contributed by atoms with Gasteiger partial charge in [0.1, 0.15) is 5.75 Å². The Hall–Kier alpha value is -1.19. The van der Waals surface area contributed by atoms with E-state index < -0.39 is 11.7 Å². The molecule has 0 aliphatic carbocycles. The molecule has 1 aromatic rings. The molecular formula is C10H11F3O. The van der Waals surface area contributed by atoms with Crippen LogP contribution in [-0.4, -0.2) is 5.11 Å². The van der Waals surface area contributed by atoms with Crippen molar-refractivity contribution < 1.29 is 18.3 Å². The number of hydrogen-bond acceptors (Lipinski definition) is 1. The maximum absolute atomic E-state index is 12.5. The Morgan fingerprint density at radius 3 is 2.29 bits per heavy atom. The van der Waals surface area contributed by atoms with E-state index in [1.54, 1.807) is 6.92 Å². The summed E-state index contributed by atoms with van der Waals surface area (Å²) < 4.78 is 37.6. The van der Waals surface area contributed by atoms with Gasteiger partial charge >= 0.3 is 6.18 Å². The molecule has 78 valence electrons. The Morgan fingerprint density at radius 1 is 1.29 bits per heavy atom. The van der Waals surface area contributed by atoms with Gasteiger partial charge in [-0.15, -0.1) is 0 Å². The van der Waals surface area contributed by atoms with Gasteiger partial charge in [0.25, 0.3) is 0 Å². The normalized spacial score (nSPS) is 11.8. The van der Waals surface area contributed by atoms with Crippen LogP contribution in [0.4, 0.5) is 13.2 Å². The van der Waals surface area contributed by atoms with Crippen molar-refractivity contribution in [3.8, 4) is 5.75 Å². The van der Waals surface area contributed by atoms with Gasteiger partial charge in [-0.1, -0.05) is 6.92 Å². The van der Waals surface area contributed by atoms with E-state index in [1.807, 2.05) is 0 Å². The third-order valence-electron chi connectivity index (χ3n) is 2.07. The van der Waals surface area contributed by atoms with Crippen LogP contribution in [0.25, 0.3) is 0 Å². The molecule has 0 spiro atoms. The molecule has 0 amide bonds. The highest BCUT2D eigenvalue weighted by Gasteiger charge is 2.34. The lowest BCUT2D eigenvalue weighted by Gasteiger charge is -2.14. The molecule has 14 heavy (non-hydrogen) atoms. The molecular weight excluding hydrogens is 193 g/mol. The van der Waals surface area contributed by atoms with Crippen LogP contribution in [0.5, 0.6) is 5.75 Å². The Bertz CT molecular complexity index is 342. The van der Waals surface area contributed by atoms with Crippen LogP contribution in [0, 0.1) is 6.92 Å². The number of halogens is 3. The quantitative estimate of drug-likeness (QED) is 0.744. The van der Waals surface area contributed by atoms with E-state index in [1.165, 1.54) is 6.92 Å². The molecule has 0 aliphatic rings. The van der Waals surface area contributed by atoms with Gasteiger partial charge in [0.2, 0.25) is 0 Å². The Kier molecular flexibility index (Phi) is 2.73. The molecule has 0 bridgehead atoms. The molecule has 0 heterocycles. The Morgan fingerprint density at radius 2 is 1.86 bits per heavy atom. The molecule has 1 aromatic carbocycles. The fourth-order valence-corrected chi connectivity index (χ4v) is 1.52. The fourth-order valence-electron chi connectivity index (χ4n) is 1.52. The maximum atomic E-state index is 12.5. The van der Waals surface area contributed by atoms with Crippen LogP contribution in [0.3, 0.4) is 0 Å². The van der Waals surface area contributed by atoms with Crippen LogP contribution >= 0.6 is 0 Å². The highest BCUT2D eigenvalue weighted by Crippen LogP contribution is 2.36. The lowest BCUT2D eigenvalue weighted by atomic mass is 9.99. The maximum Gasteiger partial charge on any atom is 0.416 e. The first-order valence-corrected chi connectivity index (χ1v) is 4.26. The van der Waals surface area contributed by atoms with Crippen LogP contribution in [0.1, 0.15) is 23.6 Å². The summed E-state index contributed by atoms with van der Waals surface area (Å²) in [5.41, 5.74) is -0.429. The summed E-state index contributed by atoms with van der Waals surface area (Å²) in [6.07, 6.45) is -4.09. The highest BCUT2D eigenvalue weighted by molar-refractivity contribution is 5.42. The number of aryl methyl sites for hydroxylation is 2. The van der Waals surface area contributed by atoms with Crippen LogP contribution in [0.15, 0.2) is 12.1 Å². The van der Waals surface area contributed by atoms with Crippen molar-refractivity contribution in [2.24, 2.45) is 0 Å². The Labute approximate surface area is 80.2 Å². The summed E-state index contributed by atoms with van der Waals surface area (Å²) in [4.78, 5) is 0. The molecule has 4 heteroatoms. The van der Waals surface area contributed by atoms with E-state index in [-0.39, 0.29) is 23.3 Å². The van der Waals surface area contributed by atoms with E-state index in [0.29, 0.717) is 0 Å². The molecule has 0 atom stereocenters. The lowest BCUT2D eigenvalue weighted by molar-refractivity contribution is -0.138. The molecule has 0 fully saturated rings. The number of phenolic OH excluding ortho intramolecular Hbond substituents is 1. The van der Waals surface area contributed by atoms with Gasteiger partial charge in [0.15, 0.2) is 0 Å². The summed E-state index contributed by atoms with van der Waals surface area (Å²) in [5, 5.41) is 9.15. The van der Waals surface area contributed by atoms with Crippen molar-refractivity contribution in [2.45, 2.75) is 26.4 Å². The summed E-state index contributed by atoms with van der Waals surface area (Å²) in [5.74, 6) is -0.118. The van der Waals surface area contributed by atoms with Gasteiger partial charge in [-0.05, 0) is 36.6 Å². The molecule has 0 aromatic heterocycles. The molecule has 0 saturated carbocycles. The van der Waals surface area contributed by atoms with E-state index in [9.17, 15) is 13.2 Å². The van der Waals surface area contributed by atoms with Gasteiger partial charge < -0.3 is 5.11 Å². The molecule has 0 unspecified atom stereocenters. The van der Waals surface area contributed by atoms with E-state index >= 15 is 0 Å². The summed E-state index contributed by atoms with van der Waals surface area (Å²) in [7, 11) is 0. The van der Waals surface area contributed by atoms with Crippen LogP contribution in [0.2, 0.25) is 0 Å². The molecule has 0 radical (unpaired) electrons. The van der Waals surface area contributed by atoms with E-state index in [4.69, 9.17) is 5.11 Å². The van der Waals surface area contributed by atoms with Gasteiger partial charge in [-0.2, -0.15) is 13.2 Å². The lowest BCUT2D eigenvalue weighted by Crippen LogP contribution is -2.11. The van der Waals surface area contributed by atoms with Crippen molar-refractivity contribution in [3.05, 3.63) is 28.8 Å². The minimum atomic E-state index is -4.34. The van der Waals surface area contributed by atoms with E-state index in [2.05, 4.69) is 0 Å². The van der Waals surface area contributed by atoms with Gasteiger partial charge in [0.05, 0.1) is 5.56 Å². The number of benzene rings is 1. The molecule has 0 saturated heterocycles. The summed E-state index contributed by atoms with van der Waals surface area (Å²) >= 11 is 0. The average Bonchev–Trinajstić information content (AvgIpc) is 1.99. The third-order valence-corrected chi connectivity index (χ3v) is 2.07. The zero-order chi connectivity index (χ0) is 10.9. The zero-order valence-corrected chi connectivity index (χ0v) is 7.94. The first-order valence-electron chi connectivity index (χ1n) is 4.26. The number of hydrogen-bond donors (Lipinski definition) is 1. The SMILES string of the molecule is CCc1cc(O)cc(C)c1C(F)(F)F. The molecule has 1 rings (SSSR count).